The summed E-state index contributed by atoms with van der Waals surface area (Å²) >= 11 is 0. The SMILES string of the molecule is [CH2]CCCCCCCS(=O)(=O)O. The van der Waals surface area contributed by atoms with E-state index in [0.717, 1.165) is 32.1 Å². The second-order valence-electron chi connectivity index (χ2n) is 2.91. The molecule has 0 heterocycles. The topological polar surface area (TPSA) is 54.4 Å². The Kier molecular flexibility index (Phi) is 6.38. The van der Waals surface area contributed by atoms with Crippen LogP contribution in [0.4, 0.5) is 0 Å². The summed E-state index contributed by atoms with van der Waals surface area (Å²) in [7, 11) is -3.73. The molecule has 0 bridgehead atoms. The largest absolute Gasteiger partial charge is 0.286 e. The third kappa shape index (κ3) is 9.91. The second-order valence-corrected chi connectivity index (χ2v) is 4.48. The van der Waals surface area contributed by atoms with Crippen LogP contribution in [-0.2, 0) is 10.1 Å². The zero-order chi connectivity index (χ0) is 9.45. The monoisotopic (exact) mass is 193 g/mol. The second kappa shape index (κ2) is 6.43. The number of hydrogen-bond acceptors (Lipinski definition) is 2. The zero-order valence-electron chi connectivity index (χ0n) is 7.33. The van der Waals surface area contributed by atoms with Crippen molar-refractivity contribution in [2.24, 2.45) is 0 Å². The van der Waals surface area contributed by atoms with Crippen LogP contribution in [0.1, 0.15) is 38.5 Å². The molecule has 0 aliphatic rings. The summed E-state index contributed by atoms with van der Waals surface area (Å²) in [4.78, 5) is 0. The van der Waals surface area contributed by atoms with Crippen molar-refractivity contribution in [3.63, 3.8) is 0 Å². The van der Waals surface area contributed by atoms with Gasteiger partial charge in [0.1, 0.15) is 0 Å². The van der Waals surface area contributed by atoms with Crippen molar-refractivity contribution in [2.45, 2.75) is 38.5 Å². The molecule has 0 atom stereocenters. The van der Waals surface area contributed by atoms with E-state index >= 15 is 0 Å². The molecule has 0 aliphatic carbocycles. The highest BCUT2D eigenvalue weighted by molar-refractivity contribution is 7.85. The van der Waals surface area contributed by atoms with E-state index < -0.39 is 10.1 Å². The molecule has 0 saturated carbocycles. The van der Waals surface area contributed by atoms with E-state index in [-0.39, 0.29) is 5.75 Å². The lowest BCUT2D eigenvalue weighted by Crippen LogP contribution is -2.03. The zero-order valence-corrected chi connectivity index (χ0v) is 8.15. The van der Waals surface area contributed by atoms with Gasteiger partial charge in [0.25, 0.3) is 10.1 Å². The molecule has 73 valence electrons. The Hall–Kier alpha value is -0.0900. The van der Waals surface area contributed by atoms with Gasteiger partial charge in [-0.2, -0.15) is 8.42 Å². The third-order valence-electron chi connectivity index (χ3n) is 1.65. The highest BCUT2D eigenvalue weighted by Crippen LogP contribution is 2.05. The van der Waals surface area contributed by atoms with Crippen LogP contribution in [0, 0.1) is 6.92 Å². The van der Waals surface area contributed by atoms with E-state index in [1.807, 2.05) is 0 Å². The van der Waals surface area contributed by atoms with Gasteiger partial charge in [-0.15, -0.1) is 0 Å². The molecule has 0 unspecified atom stereocenters. The molecule has 0 aromatic rings. The van der Waals surface area contributed by atoms with Gasteiger partial charge in [0.2, 0.25) is 0 Å². The maximum Gasteiger partial charge on any atom is 0.264 e. The predicted molar refractivity (Wildman–Crippen MR) is 49.5 cm³/mol. The van der Waals surface area contributed by atoms with Gasteiger partial charge >= 0.3 is 0 Å². The van der Waals surface area contributed by atoms with Crippen LogP contribution in [0.25, 0.3) is 0 Å². The summed E-state index contributed by atoms with van der Waals surface area (Å²) in [6.07, 6.45) is 5.62. The average Bonchev–Trinajstić information content (AvgIpc) is 1.94. The van der Waals surface area contributed by atoms with Crippen molar-refractivity contribution < 1.29 is 13.0 Å². The van der Waals surface area contributed by atoms with E-state index in [4.69, 9.17) is 4.55 Å². The fourth-order valence-electron chi connectivity index (χ4n) is 0.992. The van der Waals surface area contributed by atoms with Crippen LogP contribution in [0.15, 0.2) is 0 Å². The van der Waals surface area contributed by atoms with E-state index in [0.29, 0.717) is 6.42 Å². The predicted octanol–water partition coefficient (Wildman–Crippen LogP) is 2.05. The van der Waals surface area contributed by atoms with Crippen LogP contribution < -0.4 is 0 Å². The van der Waals surface area contributed by atoms with Crippen molar-refractivity contribution in [3.8, 4) is 0 Å². The first-order chi connectivity index (χ1) is 5.56. The van der Waals surface area contributed by atoms with Crippen LogP contribution in [0.5, 0.6) is 0 Å². The van der Waals surface area contributed by atoms with Gasteiger partial charge in [0.15, 0.2) is 0 Å². The molecular weight excluding hydrogens is 176 g/mol. The molecule has 0 rings (SSSR count). The van der Waals surface area contributed by atoms with Crippen molar-refractivity contribution in [1.82, 2.24) is 0 Å². The van der Waals surface area contributed by atoms with Gasteiger partial charge in [0.05, 0.1) is 5.75 Å². The lowest BCUT2D eigenvalue weighted by molar-refractivity contribution is 0.479. The molecule has 0 amide bonds. The summed E-state index contributed by atoms with van der Waals surface area (Å²) in [6, 6.07) is 0. The molecule has 0 fully saturated rings. The highest BCUT2D eigenvalue weighted by Gasteiger charge is 2.02. The normalized spacial score (nSPS) is 11.8. The quantitative estimate of drug-likeness (QED) is 0.497. The van der Waals surface area contributed by atoms with Crippen molar-refractivity contribution in [1.29, 1.82) is 0 Å². The molecule has 0 saturated heterocycles. The maximum absolute atomic E-state index is 10.3. The third-order valence-corrected chi connectivity index (χ3v) is 2.46. The van der Waals surface area contributed by atoms with E-state index in [1.165, 1.54) is 0 Å². The maximum atomic E-state index is 10.3. The molecule has 0 aromatic heterocycles. The fraction of sp³-hybridized carbons (Fsp3) is 0.875. The van der Waals surface area contributed by atoms with Gasteiger partial charge in [-0.3, -0.25) is 4.55 Å². The Morgan fingerprint density at radius 3 is 2.00 bits per heavy atom. The molecule has 0 aromatic carbocycles. The van der Waals surface area contributed by atoms with E-state index in [2.05, 4.69) is 6.92 Å². The van der Waals surface area contributed by atoms with Crippen LogP contribution in [-0.4, -0.2) is 18.7 Å². The molecule has 1 N–H and O–H groups in total. The Bertz CT molecular complexity index is 184. The van der Waals surface area contributed by atoms with Crippen molar-refractivity contribution in [2.75, 3.05) is 5.75 Å². The van der Waals surface area contributed by atoms with Gasteiger partial charge in [-0.1, -0.05) is 39.0 Å². The molecule has 3 nitrogen and oxygen atoms in total. The van der Waals surface area contributed by atoms with Gasteiger partial charge in [-0.25, -0.2) is 0 Å². The Morgan fingerprint density at radius 1 is 1.00 bits per heavy atom. The Morgan fingerprint density at radius 2 is 1.50 bits per heavy atom. The standard InChI is InChI=1S/C8H17O3S/c1-2-3-4-5-6-7-8-12(9,10)11/h1-8H2,(H,9,10,11). The molecule has 12 heavy (non-hydrogen) atoms. The van der Waals surface area contributed by atoms with Crippen LogP contribution in [0.2, 0.25) is 0 Å². The summed E-state index contributed by atoms with van der Waals surface area (Å²) in [5.74, 6) is -0.0998. The lowest BCUT2D eigenvalue weighted by Gasteiger charge is -1.98. The van der Waals surface area contributed by atoms with Crippen LogP contribution >= 0.6 is 0 Å². The number of unbranched alkanes of at least 4 members (excludes halogenated alkanes) is 5. The van der Waals surface area contributed by atoms with E-state index in [9.17, 15) is 8.42 Å². The summed E-state index contributed by atoms with van der Waals surface area (Å²) in [6.45, 7) is 3.71. The van der Waals surface area contributed by atoms with Gasteiger partial charge in [0, 0.05) is 0 Å². The molecule has 0 aliphatic heterocycles. The first kappa shape index (κ1) is 11.9. The molecule has 1 radical (unpaired) electrons. The first-order valence-electron chi connectivity index (χ1n) is 4.30. The van der Waals surface area contributed by atoms with E-state index in [1.54, 1.807) is 0 Å². The first-order valence-corrected chi connectivity index (χ1v) is 5.91. The Balaban J connectivity index is 3.12. The number of hydrogen-bond donors (Lipinski definition) is 1. The minimum Gasteiger partial charge on any atom is -0.286 e. The summed E-state index contributed by atoms with van der Waals surface area (Å²) in [5.41, 5.74) is 0. The lowest BCUT2D eigenvalue weighted by atomic mass is 10.1. The van der Waals surface area contributed by atoms with Gasteiger partial charge in [-0.05, 0) is 6.42 Å². The average molecular weight is 193 g/mol. The fourth-order valence-corrected chi connectivity index (χ4v) is 1.56. The number of rotatable bonds is 7. The minimum atomic E-state index is -3.73. The summed E-state index contributed by atoms with van der Waals surface area (Å²) in [5, 5.41) is 0. The molecule has 0 spiro atoms. The van der Waals surface area contributed by atoms with Crippen molar-refractivity contribution in [3.05, 3.63) is 6.92 Å². The van der Waals surface area contributed by atoms with Crippen molar-refractivity contribution >= 4 is 10.1 Å². The molecular formula is C8H17O3S. The smallest absolute Gasteiger partial charge is 0.264 e. The Labute approximate surface area is 74.9 Å². The molecule has 4 heteroatoms. The van der Waals surface area contributed by atoms with Gasteiger partial charge < -0.3 is 0 Å². The van der Waals surface area contributed by atoms with Crippen LogP contribution in [0.3, 0.4) is 0 Å². The minimum absolute atomic E-state index is 0.0998. The highest BCUT2D eigenvalue weighted by atomic mass is 32.2. The summed E-state index contributed by atoms with van der Waals surface area (Å²) < 4.78 is 28.9.